The molecule has 0 N–H and O–H groups in total. The van der Waals surface area contributed by atoms with Gasteiger partial charge in [-0.15, -0.1) is 0 Å². The van der Waals surface area contributed by atoms with Crippen molar-refractivity contribution in [3.8, 4) is 5.75 Å². The van der Waals surface area contributed by atoms with Gasteiger partial charge in [0, 0.05) is 31.0 Å². The molecule has 2 heterocycles. The number of benzene rings is 1. The summed E-state index contributed by atoms with van der Waals surface area (Å²) in [4.78, 5) is 29.7. The van der Waals surface area contributed by atoms with Gasteiger partial charge < -0.3 is 23.5 Å². The van der Waals surface area contributed by atoms with E-state index in [0.717, 1.165) is 12.1 Å². The van der Waals surface area contributed by atoms with E-state index in [4.69, 9.17) is 9.15 Å². The quantitative estimate of drug-likeness (QED) is 0.499. The summed E-state index contributed by atoms with van der Waals surface area (Å²) in [6, 6.07) is 14.5. The third kappa shape index (κ3) is 5.78. The standard InChI is InChI=1S/C24H29N3O4/c1-4-13-26(24(29)19-9-11-21(30-3)12-10-19)18-23(28)27(17-22-8-6-15-31-22)16-20-7-5-14-25(20)2/h5-12,14-15H,4,13,16-18H2,1-3H3. The van der Waals surface area contributed by atoms with Crippen molar-refractivity contribution in [2.75, 3.05) is 20.2 Å². The van der Waals surface area contributed by atoms with Crippen molar-refractivity contribution in [1.29, 1.82) is 0 Å². The second-order valence-corrected chi connectivity index (χ2v) is 7.39. The van der Waals surface area contributed by atoms with Crippen LogP contribution in [0.1, 0.15) is 35.2 Å². The molecule has 0 atom stereocenters. The average Bonchev–Trinajstić information content (AvgIpc) is 3.44. The van der Waals surface area contributed by atoms with Gasteiger partial charge in [0.15, 0.2) is 0 Å². The number of amides is 2. The van der Waals surface area contributed by atoms with Crippen molar-refractivity contribution >= 4 is 11.8 Å². The Kier molecular flexibility index (Phi) is 7.54. The van der Waals surface area contributed by atoms with E-state index in [-0.39, 0.29) is 18.4 Å². The highest BCUT2D eigenvalue weighted by Gasteiger charge is 2.23. The second-order valence-electron chi connectivity index (χ2n) is 7.39. The first-order valence-electron chi connectivity index (χ1n) is 10.4. The molecule has 7 heteroatoms. The van der Waals surface area contributed by atoms with Gasteiger partial charge in [0.2, 0.25) is 5.91 Å². The molecule has 164 valence electrons. The number of hydrogen-bond donors (Lipinski definition) is 0. The maximum Gasteiger partial charge on any atom is 0.254 e. The van der Waals surface area contributed by atoms with Crippen LogP contribution in [0.25, 0.3) is 0 Å². The number of aryl methyl sites for hydroxylation is 1. The van der Waals surface area contributed by atoms with Gasteiger partial charge in [-0.25, -0.2) is 0 Å². The Morgan fingerprint density at radius 1 is 1.03 bits per heavy atom. The fraction of sp³-hybridized carbons (Fsp3) is 0.333. The van der Waals surface area contributed by atoms with Crippen LogP contribution >= 0.6 is 0 Å². The van der Waals surface area contributed by atoms with E-state index in [1.165, 1.54) is 0 Å². The lowest BCUT2D eigenvalue weighted by atomic mass is 10.2. The minimum atomic E-state index is -0.172. The first-order chi connectivity index (χ1) is 15.0. The first-order valence-corrected chi connectivity index (χ1v) is 10.4. The van der Waals surface area contributed by atoms with E-state index >= 15 is 0 Å². The molecule has 2 aromatic heterocycles. The number of aromatic nitrogens is 1. The smallest absolute Gasteiger partial charge is 0.254 e. The first kappa shape index (κ1) is 22.2. The van der Waals surface area contributed by atoms with Crippen LogP contribution in [-0.2, 0) is 24.9 Å². The Bertz CT molecular complexity index is 977. The Morgan fingerprint density at radius 2 is 1.81 bits per heavy atom. The fourth-order valence-electron chi connectivity index (χ4n) is 3.38. The Morgan fingerprint density at radius 3 is 2.39 bits per heavy atom. The summed E-state index contributed by atoms with van der Waals surface area (Å²) in [6.07, 6.45) is 4.30. The van der Waals surface area contributed by atoms with Gasteiger partial charge >= 0.3 is 0 Å². The zero-order chi connectivity index (χ0) is 22.2. The van der Waals surface area contributed by atoms with Gasteiger partial charge in [0.25, 0.3) is 5.91 Å². The topological polar surface area (TPSA) is 67.9 Å². The van der Waals surface area contributed by atoms with E-state index in [9.17, 15) is 9.59 Å². The van der Waals surface area contributed by atoms with Gasteiger partial charge in [-0.1, -0.05) is 6.92 Å². The lowest BCUT2D eigenvalue weighted by Crippen LogP contribution is -2.43. The monoisotopic (exact) mass is 423 g/mol. The van der Waals surface area contributed by atoms with Crippen molar-refractivity contribution in [2.24, 2.45) is 7.05 Å². The number of carbonyl (C=O) groups is 2. The molecule has 0 radical (unpaired) electrons. The summed E-state index contributed by atoms with van der Waals surface area (Å²) in [5, 5.41) is 0. The third-order valence-electron chi connectivity index (χ3n) is 5.13. The van der Waals surface area contributed by atoms with E-state index in [1.807, 2.05) is 42.9 Å². The Balaban J connectivity index is 1.77. The number of furan rings is 1. The zero-order valence-electron chi connectivity index (χ0n) is 18.3. The SMILES string of the molecule is CCCN(CC(=O)N(Cc1ccco1)Cc1cccn1C)C(=O)c1ccc(OC)cc1. The average molecular weight is 424 g/mol. The number of ether oxygens (including phenoxy) is 1. The highest BCUT2D eigenvalue weighted by Crippen LogP contribution is 2.15. The molecule has 7 nitrogen and oxygen atoms in total. The molecule has 0 unspecified atom stereocenters. The van der Waals surface area contributed by atoms with Crippen LogP contribution in [0.5, 0.6) is 5.75 Å². The highest BCUT2D eigenvalue weighted by molar-refractivity contribution is 5.96. The molecule has 0 fully saturated rings. The van der Waals surface area contributed by atoms with Crippen LogP contribution < -0.4 is 4.74 Å². The van der Waals surface area contributed by atoms with Crippen molar-refractivity contribution in [3.05, 3.63) is 78.0 Å². The Labute approximate surface area is 182 Å². The maximum absolute atomic E-state index is 13.3. The molecule has 0 bridgehead atoms. The number of methoxy groups -OCH3 is 1. The lowest BCUT2D eigenvalue weighted by Gasteiger charge is -2.27. The number of rotatable bonds is 10. The van der Waals surface area contributed by atoms with E-state index in [0.29, 0.717) is 36.7 Å². The molecule has 0 saturated carbocycles. The Hall–Kier alpha value is -3.48. The summed E-state index contributed by atoms with van der Waals surface area (Å²) in [5.41, 5.74) is 1.53. The minimum absolute atomic E-state index is 0.00380. The van der Waals surface area contributed by atoms with E-state index in [2.05, 4.69) is 0 Å². The molecule has 2 amide bonds. The van der Waals surface area contributed by atoms with Crippen LogP contribution in [0.2, 0.25) is 0 Å². The van der Waals surface area contributed by atoms with Crippen LogP contribution in [-0.4, -0.2) is 46.4 Å². The van der Waals surface area contributed by atoms with Crippen LogP contribution in [0.4, 0.5) is 0 Å². The summed E-state index contributed by atoms with van der Waals surface area (Å²) in [5.74, 6) is 1.08. The van der Waals surface area contributed by atoms with Crippen molar-refractivity contribution in [1.82, 2.24) is 14.4 Å². The number of hydrogen-bond acceptors (Lipinski definition) is 4. The molecule has 0 saturated heterocycles. The van der Waals surface area contributed by atoms with Gasteiger partial charge in [-0.05, 0) is 55.0 Å². The molecule has 3 aromatic rings. The zero-order valence-corrected chi connectivity index (χ0v) is 18.3. The summed E-state index contributed by atoms with van der Waals surface area (Å²) in [6.45, 7) is 3.26. The number of nitrogens with zero attached hydrogens (tertiary/aromatic N) is 3. The van der Waals surface area contributed by atoms with E-state index < -0.39 is 0 Å². The predicted molar refractivity (Wildman–Crippen MR) is 118 cm³/mol. The lowest BCUT2D eigenvalue weighted by molar-refractivity contribution is -0.133. The molecule has 3 rings (SSSR count). The van der Waals surface area contributed by atoms with Crippen LogP contribution in [0.15, 0.2) is 65.4 Å². The molecule has 0 spiro atoms. The maximum atomic E-state index is 13.3. The predicted octanol–water partition coefficient (Wildman–Crippen LogP) is 3.71. The normalized spacial score (nSPS) is 10.7. The molecule has 31 heavy (non-hydrogen) atoms. The number of carbonyl (C=O) groups excluding carboxylic acids is 2. The highest BCUT2D eigenvalue weighted by atomic mass is 16.5. The summed E-state index contributed by atoms with van der Waals surface area (Å²) in [7, 11) is 3.53. The second kappa shape index (κ2) is 10.5. The largest absolute Gasteiger partial charge is 0.497 e. The molecule has 0 aliphatic rings. The van der Waals surface area contributed by atoms with Gasteiger partial charge in [0.05, 0.1) is 26.5 Å². The summed E-state index contributed by atoms with van der Waals surface area (Å²) < 4.78 is 12.6. The van der Waals surface area contributed by atoms with E-state index in [1.54, 1.807) is 53.5 Å². The summed E-state index contributed by atoms with van der Waals surface area (Å²) >= 11 is 0. The molecule has 0 aliphatic carbocycles. The minimum Gasteiger partial charge on any atom is -0.497 e. The van der Waals surface area contributed by atoms with Crippen molar-refractivity contribution in [2.45, 2.75) is 26.4 Å². The van der Waals surface area contributed by atoms with Gasteiger partial charge in [-0.3, -0.25) is 9.59 Å². The van der Waals surface area contributed by atoms with Gasteiger partial charge in [0.1, 0.15) is 18.1 Å². The fourth-order valence-corrected chi connectivity index (χ4v) is 3.38. The van der Waals surface area contributed by atoms with Crippen molar-refractivity contribution in [3.63, 3.8) is 0 Å². The molecule has 0 aliphatic heterocycles. The van der Waals surface area contributed by atoms with Crippen LogP contribution in [0, 0.1) is 0 Å². The van der Waals surface area contributed by atoms with Gasteiger partial charge in [-0.2, -0.15) is 0 Å². The molecule has 1 aromatic carbocycles. The molecular formula is C24H29N3O4. The third-order valence-corrected chi connectivity index (χ3v) is 5.13. The van der Waals surface area contributed by atoms with Crippen molar-refractivity contribution < 1.29 is 18.7 Å². The van der Waals surface area contributed by atoms with Crippen LogP contribution in [0.3, 0.4) is 0 Å². The molecular weight excluding hydrogens is 394 g/mol.